The first-order chi connectivity index (χ1) is 34.3. The van der Waals surface area contributed by atoms with Crippen LogP contribution in [0.5, 0.6) is 0 Å². The number of hydrogen-bond donors (Lipinski definition) is 6. The minimum Gasteiger partial charge on any atom is -0.394 e. The van der Waals surface area contributed by atoms with Gasteiger partial charge in [0.2, 0.25) is 5.91 Å². The van der Waals surface area contributed by atoms with Gasteiger partial charge in [0, 0.05) is 6.42 Å². The van der Waals surface area contributed by atoms with Crippen LogP contribution in [-0.2, 0) is 14.3 Å². The molecule has 0 aliphatic carbocycles. The van der Waals surface area contributed by atoms with Gasteiger partial charge in [0.1, 0.15) is 24.4 Å². The van der Waals surface area contributed by atoms with Crippen molar-refractivity contribution in [3.63, 3.8) is 0 Å². The Morgan fingerprint density at radius 1 is 0.471 bits per heavy atom. The second-order valence-corrected chi connectivity index (χ2v) is 21.1. The maximum Gasteiger partial charge on any atom is 0.220 e. The number of ether oxygens (including phenoxy) is 2. The molecule has 0 radical (unpaired) electrons. The lowest BCUT2D eigenvalue weighted by Gasteiger charge is -2.40. The van der Waals surface area contributed by atoms with Crippen molar-refractivity contribution in [2.24, 2.45) is 0 Å². The molecule has 0 aromatic carbocycles. The zero-order valence-electron chi connectivity index (χ0n) is 45.8. The summed E-state index contributed by atoms with van der Waals surface area (Å²) in [6, 6.07) is -0.826. The van der Waals surface area contributed by atoms with Crippen molar-refractivity contribution in [3.8, 4) is 0 Å². The Morgan fingerprint density at radius 2 is 0.814 bits per heavy atom. The number of carbonyl (C=O) groups excluding carboxylic acids is 1. The summed E-state index contributed by atoms with van der Waals surface area (Å²) in [4.78, 5) is 13.1. The van der Waals surface area contributed by atoms with Gasteiger partial charge in [0.15, 0.2) is 6.29 Å². The molecule has 70 heavy (non-hydrogen) atoms. The molecule has 1 aliphatic rings. The van der Waals surface area contributed by atoms with Gasteiger partial charge in [-0.2, -0.15) is 0 Å². The summed E-state index contributed by atoms with van der Waals surface area (Å²) < 4.78 is 11.3. The van der Waals surface area contributed by atoms with Crippen LogP contribution in [-0.4, -0.2) is 87.5 Å². The van der Waals surface area contributed by atoms with Crippen molar-refractivity contribution in [1.29, 1.82) is 0 Å². The molecule has 6 N–H and O–H groups in total. The summed E-state index contributed by atoms with van der Waals surface area (Å²) in [5.74, 6) is -0.185. The number of aliphatic hydroxyl groups is 5. The first-order valence-corrected chi connectivity index (χ1v) is 30.2. The highest BCUT2D eigenvalue weighted by molar-refractivity contribution is 5.76. The van der Waals surface area contributed by atoms with Crippen molar-refractivity contribution in [1.82, 2.24) is 5.32 Å². The molecule has 1 saturated heterocycles. The van der Waals surface area contributed by atoms with Gasteiger partial charge in [-0.05, 0) is 44.9 Å². The monoisotopic (exact) mass is 990 g/mol. The summed E-state index contributed by atoms with van der Waals surface area (Å²) in [5, 5.41) is 54.5. The Kier molecular flexibility index (Phi) is 48.3. The van der Waals surface area contributed by atoms with Crippen LogP contribution in [0.3, 0.4) is 0 Å². The molecule has 1 rings (SSSR count). The normalized spacial score (nSPS) is 19.6. The average Bonchev–Trinajstić information content (AvgIpc) is 3.36. The highest BCUT2D eigenvalue weighted by Crippen LogP contribution is 2.23. The standard InChI is InChI=1S/C61H115NO8/c1-3-5-7-9-11-13-15-17-19-21-23-25-27-28-29-30-32-34-36-38-40-42-44-46-48-50-55(64)54(53-69-61-60(68)59(67)58(66)56(52-63)70-61)62-57(65)51-49-47-45-43-41-39-37-35-33-31-26-24-22-20-18-16-14-12-10-8-6-4-2/h32,34,40,42,48,50,54-56,58-61,63-64,66-68H,3-31,33,35-39,41,43-47,49,51-53H2,1-2H3,(H,62,65)/b34-32+,42-40+,50-48+. The fourth-order valence-corrected chi connectivity index (χ4v) is 9.66. The molecule has 0 aromatic rings. The van der Waals surface area contributed by atoms with E-state index < -0.39 is 49.5 Å². The number of allylic oxidation sites excluding steroid dienone is 5. The molecule has 9 heteroatoms. The molecule has 0 bridgehead atoms. The SMILES string of the molecule is CCCCCCCCCCCCCCCCC/C=C/CC/C=C/CC/C=C/C(O)C(COC1OC(CO)C(O)C(O)C1O)NC(=O)CCCCCCCCCCCCCCCCCCCCCCCC. The predicted molar refractivity (Wildman–Crippen MR) is 295 cm³/mol. The molecule has 7 atom stereocenters. The minimum atomic E-state index is -1.57. The average molecular weight is 991 g/mol. The molecule has 0 spiro atoms. The lowest BCUT2D eigenvalue weighted by atomic mass is 9.99. The van der Waals surface area contributed by atoms with Crippen molar-refractivity contribution in [2.45, 2.75) is 333 Å². The van der Waals surface area contributed by atoms with E-state index in [0.717, 1.165) is 44.9 Å². The summed E-state index contributed by atoms with van der Waals surface area (Å²) in [7, 11) is 0. The van der Waals surface area contributed by atoms with E-state index in [1.165, 1.54) is 225 Å². The van der Waals surface area contributed by atoms with E-state index in [9.17, 15) is 30.3 Å². The fourth-order valence-electron chi connectivity index (χ4n) is 9.66. The van der Waals surface area contributed by atoms with Crippen molar-refractivity contribution in [2.75, 3.05) is 13.2 Å². The molecular weight excluding hydrogens is 875 g/mol. The third kappa shape index (κ3) is 39.9. The maximum atomic E-state index is 13.1. The van der Waals surface area contributed by atoms with Crippen molar-refractivity contribution in [3.05, 3.63) is 36.5 Å². The highest BCUT2D eigenvalue weighted by atomic mass is 16.7. The Balaban J connectivity index is 2.24. The largest absolute Gasteiger partial charge is 0.394 e. The molecular formula is C61H115NO8. The maximum absolute atomic E-state index is 13.1. The summed E-state index contributed by atoms with van der Waals surface area (Å²) in [6.07, 6.45) is 59.4. The smallest absolute Gasteiger partial charge is 0.220 e. The number of hydrogen-bond acceptors (Lipinski definition) is 8. The van der Waals surface area contributed by atoms with Gasteiger partial charge in [0.25, 0.3) is 0 Å². The van der Waals surface area contributed by atoms with Gasteiger partial charge in [-0.1, -0.05) is 275 Å². The summed E-state index contributed by atoms with van der Waals surface area (Å²) >= 11 is 0. The Hall–Kier alpha value is -1.59. The van der Waals surface area contributed by atoms with Crippen LogP contribution in [0.15, 0.2) is 36.5 Å². The summed E-state index contributed by atoms with van der Waals surface area (Å²) in [5.41, 5.74) is 0. The molecule has 7 unspecified atom stereocenters. The third-order valence-electron chi connectivity index (χ3n) is 14.4. The van der Waals surface area contributed by atoms with Gasteiger partial charge < -0.3 is 40.3 Å². The van der Waals surface area contributed by atoms with Crippen molar-refractivity contribution < 1.29 is 39.8 Å². The van der Waals surface area contributed by atoms with Crippen LogP contribution < -0.4 is 5.32 Å². The van der Waals surface area contributed by atoms with E-state index >= 15 is 0 Å². The van der Waals surface area contributed by atoms with Crippen molar-refractivity contribution >= 4 is 5.91 Å². The molecule has 1 amide bonds. The molecule has 1 heterocycles. The lowest BCUT2D eigenvalue weighted by Crippen LogP contribution is -2.60. The van der Waals surface area contributed by atoms with Gasteiger partial charge >= 0.3 is 0 Å². The molecule has 1 fully saturated rings. The number of unbranched alkanes of at least 4 members (excludes halogenated alkanes) is 38. The van der Waals surface area contributed by atoms with E-state index in [2.05, 4.69) is 43.5 Å². The quantitative estimate of drug-likeness (QED) is 0.0261. The number of carbonyl (C=O) groups is 1. The van der Waals surface area contributed by atoms with E-state index in [0.29, 0.717) is 6.42 Å². The number of amides is 1. The number of rotatable bonds is 52. The fraction of sp³-hybridized carbons (Fsp3) is 0.885. The van der Waals surface area contributed by atoms with E-state index in [-0.39, 0.29) is 12.5 Å². The number of aliphatic hydroxyl groups excluding tert-OH is 5. The Morgan fingerprint density at radius 3 is 1.20 bits per heavy atom. The van der Waals surface area contributed by atoms with Crippen LogP contribution in [0.1, 0.15) is 290 Å². The van der Waals surface area contributed by atoms with Crippen LogP contribution >= 0.6 is 0 Å². The Labute approximate surface area is 431 Å². The zero-order valence-corrected chi connectivity index (χ0v) is 45.8. The van der Waals surface area contributed by atoms with Crippen LogP contribution in [0, 0.1) is 0 Å². The van der Waals surface area contributed by atoms with Crippen LogP contribution in [0.25, 0.3) is 0 Å². The second-order valence-electron chi connectivity index (χ2n) is 21.1. The molecule has 412 valence electrons. The number of nitrogens with one attached hydrogen (secondary N) is 1. The topological polar surface area (TPSA) is 149 Å². The van der Waals surface area contributed by atoms with E-state index in [1.54, 1.807) is 6.08 Å². The first-order valence-electron chi connectivity index (χ1n) is 30.2. The molecule has 9 nitrogen and oxygen atoms in total. The second kappa shape index (κ2) is 50.9. The van der Waals surface area contributed by atoms with E-state index in [1.807, 2.05) is 6.08 Å². The van der Waals surface area contributed by atoms with Gasteiger partial charge in [0.05, 0.1) is 25.4 Å². The van der Waals surface area contributed by atoms with Crippen LogP contribution in [0.2, 0.25) is 0 Å². The lowest BCUT2D eigenvalue weighted by molar-refractivity contribution is -0.302. The van der Waals surface area contributed by atoms with E-state index in [4.69, 9.17) is 9.47 Å². The molecule has 1 aliphatic heterocycles. The van der Waals surface area contributed by atoms with Crippen LogP contribution in [0.4, 0.5) is 0 Å². The Bertz CT molecular complexity index is 1190. The molecule has 0 saturated carbocycles. The minimum absolute atomic E-state index is 0.185. The highest BCUT2D eigenvalue weighted by Gasteiger charge is 2.44. The third-order valence-corrected chi connectivity index (χ3v) is 14.4. The predicted octanol–water partition coefficient (Wildman–Crippen LogP) is 15.1. The zero-order chi connectivity index (χ0) is 50.8. The van der Waals surface area contributed by atoms with Gasteiger partial charge in [-0.25, -0.2) is 0 Å². The van der Waals surface area contributed by atoms with Gasteiger partial charge in [-0.3, -0.25) is 4.79 Å². The molecule has 0 aromatic heterocycles. The van der Waals surface area contributed by atoms with Gasteiger partial charge in [-0.15, -0.1) is 0 Å². The summed E-state index contributed by atoms with van der Waals surface area (Å²) in [6.45, 7) is 3.80. The first kappa shape index (κ1) is 66.4.